The lowest BCUT2D eigenvalue weighted by molar-refractivity contribution is -0.149. The Labute approximate surface area is 225 Å². The van der Waals surface area contributed by atoms with Crippen molar-refractivity contribution >= 4 is 11.9 Å². The van der Waals surface area contributed by atoms with Crippen molar-refractivity contribution in [2.75, 3.05) is 13.2 Å². The summed E-state index contributed by atoms with van der Waals surface area (Å²) in [5.41, 5.74) is 5.10. The highest BCUT2D eigenvalue weighted by Gasteiger charge is 2.67. The van der Waals surface area contributed by atoms with E-state index in [0.717, 1.165) is 33.4 Å². The molecule has 7 rings (SSSR count). The Balaban J connectivity index is 1.76. The molecule has 2 aromatic rings. The largest absolute Gasteiger partial charge is 0.461 e. The van der Waals surface area contributed by atoms with Crippen LogP contribution in [0.5, 0.6) is 0 Å². The lowest BCUT2D eigenvalue weighted by atomic mass is 9.41. The van der Waals surface area contributed by atoms with E-state index >= 15 is 0 Å². The van der Waals surface area contributed by atoms with Gasteiger partial charge in [-0.2, -0.15) is 0 Å². The van der Waals surface area contributed by atoms with Gasteiger partial charge in [0.1, 0.15) is 13.2 Å². The lowest BCUT2D eigenvalue weighted by Crippen LogP contribution is -2.59. The zero-order valence-corrected chi connectivity index (χ0v) is 22.7. The molecule has 38 heavy (non-hydrogen) atoms. The third-order valence-electron chi connectivity index (χ3n) is 8.81. The topological polar surface area (TPSA) is 52.6 Å². The Morgan fingerprint density at radius 2 is 1.03 bits per heavy atom. The van der Waals surface area contributed by atoms with Crippen LogP contribution in [-0.4, -0.2) is 25.2 Å². The molecule has 2 bridgehead atoms. The molecule has 1 fully saturated rings. The third-order valence-corrected chi connectivity index (χ3v) is 8.81. The molecule has 0 amide bonds. The number of ether oxygens (including phenoxy) is 2. The normalized spacial score (nSPS) is 29.9. The Bertz CT molecular complexity index is 1260. The van der Waals surface area contributed by atoms with Crippen molar-refractivity contribution in [1.82, 2.24) is 0 Å². The summed E-state index contributed by atoms with van der Waals surface area (Å²) in [6, 6.07) is 21.0. The number of esters is 2. The van der Waals surface area contributed by atoms with Gasteiger partial charge in [0.25, 0.3) is 0 Å². The summed E-state index contributed by atoms with van der Waals surface area (Å²) in [6.07, 6.45) is 5.90. The van der Waals surface area contributed by atoms with Gasteiger partial charge >= 0.3 is 11.9 Å². The Hall–Kier alpha value is -3.40. The molecular formula is C34H36O4. The smallest absolute Gasteiger partial charge is 0.334 e. The standard InChI is InChI=1S/C34H36O4/c1-21(2)17-25-29-27(23-11-7-5-8-12-23)34-16-15-33(29,19-37-31(25)35)28(24-13-9-6-10-14-24)30(34)26(18-22(3)4)32(36)38-20-34/h5-16,21-22,27-28H,17-20H2,1-4H3/t27-,28-,33+,34+/m0/s1. The fourth-order valence-electron chi connectivity index (χ4n) is 7.55. The van der Waals surface area contributed by atoms with E-state index in [-0.39, 0.29) is 37.0 Å². The molecule has 2 spiro atoms. The van der Waals surface area contributed by atoms with E-state index in [9.17, 15) is 9.59 Å². The molecule has 0 unspecified atom stereocenters. The molecule has 4 heteroatoms. The van der Waals surface area contributed by atoms with E-state index in [1.807, 2.05) is 12.1 Å². The van der Waals surface area contributed by atoms with Gasteiger partial charge in [0, 0.05) is 23.0 Å². The van der Waals surface area contributed by atoms with Crippen LogP contribution in [0, 0.1) is 22.7 Å². The molecule has 2 heterocycles. The summed E-state index contributed by atoms with van der Waals surface area (Å²) in [6.45, 7) is 9.14. The Morgan fingerprint density at radius 1 is 0.658 bits per heavy atom. The molecule has 0 saturated heterocycles. The molecule has 2 aromatic carbocycles. The summed E-state index contributed by atoms with van der Waals surface area (Å²) in [5, 5.41) is 0. The van der Waals surface area contributed by atoms with E-state index in [1.165, 1.54) is 0 Å². The number of carbonyl (C=O) groups is 2. The van der Waals surface area contributed by atoms with E-state index in [2.05, 4.69) is 88.4 Å². The van der Waals surface area contributed by atoms with Gasteiger partial charge in [0.2, 0.25) is 0 Å². The Kier molecular flexibility index (Phi) is 5.97. The summed E-state index contributed by atoms with van der Waals surface area (Å²) < 4.78 is 12.1. The van der Waals surface area contributed by atoms with Gasteiger partial charge in [-0.05, 0) is 47.0 Å². The van der Waals surface area contributed by atoms with Crippen LogP contribution in [0.25, 0.3) is 0 Å². The number of cyclic esters (lactones) is 2. The highest BCUT2D eigenvalue weighted by atomic mass is 16.5. The molecule has 0 radical (unpaired) electrons. The van der Waals surface area contributed by atoms with Crippen molar-refractivity contribution < 1.29 is 19.1 Å². The minimum absolute atomic E-state index is 0.111. The molecule has 0 aromatic heterocycles. The minimum atomic E-state index is -0.559. The van der Waals surface area contributed by atoms with Gasteiger partial charge in [-0.1, -0.05) is 101 Å². The summed E-state index contributed by atoms with van der Waals surface area (Å²) in [5.74, 6) is -0.0368. The van der Waals surface area contributed by atoms with Crippen LogP contribution >= 0.6 is 0 Å². The monoisotopic (exact) mass is 508 g/mol. The molecule has 0 N–H and O–H groups in total. The number of benzene rings is 2. The van der Waals surface area contributed by atoms with Gasteiger partial charge in [-0.3, -0.25) is 0 Å². The Morgan fingerprint density at radius 3 is 1.37 bits per heavy atom. The predicted molar refractivity (Wildman–Crippen MR) is 147 cm³/mol. The maximum atomic E-state index is 13.5. The average molecular weight is 509 g/mol. The molecule has 5 aliphatic rings. The van der Waals surface area contributed by atoms with Crippen molar-refractivity contribution in [3.63, 3.8) is 0 Å². The van der Waals surface area contributed by atoms with Crippen molar-refractivity contribution in [3.05, 3.63) is 106 Å². The predicted octanol–water partition coefficient (Wildman–Crippen LogP) is 6.91. The highest BCUT2D eigenvalue weighted by Crippen LogP contribution is 2.72. The van der Waals surface area contributed by atoms with Crippen molar-refractivity contribution in [2.45, 2.75) is 52.4 Å². The van der Waals surface area contributed by atoms with Crippen molar-refractivity contribution in [3.8, 4) is 0 Å². The first-order valence-corrected chi connectivity index (χ1v) is 13.9. The number of hydrogen-bond acceptors (Lipinski definition) is 4. The molecule has 3 aliphatic carbocycles. The summed E-state index contributed by atoms with van der Waals surface area (Å²) in [4.78, 5) is 27.0. The van der Waals surface area contributed by atoms with Crippen LogP contribution in [0.1, 0.15) is 63.5 Å². The summed E-state index contributed by atoms with van der Waals surface area (Å²) in [7, 11) is 0. The maximum Gasteiger partial charge on any atom is 0.334 e. The van der Waals surface area contributed by atoms with Crippen molar-refractivity contribution in [2.24, 2.45) is 22.7 Å². The van der Waals surface area contributed by atoms with Crippen LogP contribution in [0.2, 0.25) is 0 Å². The molecule has 1 saturated carbocycles. The van der Waals surface area contributed by atoms with Gasteiger partial charge in [0.05, 0.1) is 10.8 Å². The second-order valence-corrected chi connectivity index (χ2v) is 12.2. The second kappa shape index (κ2) is 9.11. The van der Waals surface area contributed by atoms with E-state index in [4.69, 9.17) is 9.47 Å². The fourth-order valence-corrected chi connectivity index (χ4v) is 7.55. The van der Waals surface area contributed by atoms with Gasteiger partial charge in [-0.15, -0.1) is 0 Å². The van der Waals surface area contributed by atoms with Crippen LogP contribution in [-0.2, 0) is 19.1 Å². The van der Waals surface area contributed by atoms with Gasteiger partial charge < -0.3 is 9.47 Å². The third kappa shape index (κ3) is 3.56. The number of hydrogen-bond donors (Lipinski definition) is 0. The second-order valence-electron chi connectivity index (χ2n) is 12.2. The molecule has 4 atom stereocenters. The van der Waals surface area contributed by atoms with E-state index < -0.39 is 10.8 Å². The van der Waals surface area contributed by atoms with Gasteiger partial charge in [0.15, 0.2) is 0 Å². The maximum absolute atomic E-state index is 13.5. The first kappa shape index (κ1) is 24.9. The van der Waals surface area contributed by atoms with Crippen LogP contribution in [0.15, 0.2) is 95.1 Å². The quantitative estimate of drug-likeness (QED) is 0.314. The highest BCUT2D eigenvalue weighted by molar-refractivity contribution is 5.95. The molecular weight excluding hydrogens is 472 g/mol. The van der Waals surface area contributed by atoms with Crippen LogP contribution in [0.4, 0.5) is 0 Å². The first-order chi connectivity index (χ1) is 18.3. The van der Waals surface area contributed by atoms with Crippen LogP contribution in [0.3, 0.4) is 0 Å². The lowest BCUT2D eigenvalue weighted by Gasteiger charge is -2.63. The minimum Gasteiger partial charge on any atom is -0.461 e. The first-order valence-electron chi connectivity index (χ1n) is 13.9. The van der Waals surface area contributed by atoms with Crippen LogP contribution < -0.4 is 0 Å². The molecule has 4 nitrogen and oxygen atoms in total. The van der Waals surface area contributed by atoms with E-state index in [0.29, 0.717) is 24.7 Å². The fraction of sp³-hybridized carbons (Fsp3) is 0.412. The molecule has 196 valence electrons. The SMILES string of the molecule is CC(C)CC1=C2[C@H](c3ccccc3)[C@]34C=C[C@@]2(COC1=O)[C@@H](c1ccccc1)C3=C(CC(C)C)C(=O)OC4. The van der Waals surface area contributed by atoms with Gasteiger partial charge in [-0.25, -0.2) is 9.59 Å². The summed E-state index contributed by atoms with van der Waals surface area (Å²) >= 11 is 0. The average Bonchev–Trinajstić information content (AvgIpc) is 2.91. The number of rotatable bonds is 6. The zero-order valence-electron chi connectivity index (χ0n) is 22.7. The van der Waals surface area contributed by atoms with E-state index in [1.54, 1.807) is 0 Å². The zero-order chi connectivity index (χ0) is 26.7. The van der Waals surface area contributed by atoms with Crippen molar-refractivity contribution in [1.29, 1.82) is 0 Å². The number of carbonyl (C=O) groups excluding carboxylic acids is 2. The molecule has 2 aliphatic heterocycles.